The normalized spacial score (nSPS) is 19.6. The van der Waals surface area contributed by atoms with Crippen LogP contribution in [-0.2, 0) is 16.1 Å². The number of ether oxygens (including phenoxy) is 2. The van der Waals surface area contributed by atoms with Crippen molar-refractivity contribution in [2.75, 3.05) is 73.7 Å². The molecule has 1 atom stereocenters. The van der Waals surface area contributed by atoms with Crippen LogP contribution in [0, 0.1) is 5.92 Å². The topological polar surface area (TPSA) is 69.6 Å². The van der Waals surface area contributed by atoms with Crippen LogP contribution in [0.5, 0.6) is 5.75 Å². The predicted molar refractivity (Wildman–Crippen MR) is 133 cm³/mol. The highest BCUT2D eigenvalue weighted by Gasteiger charge is 2.27. The Labute approximate surface area is 203 Å². The van der Waals surface area contributed by atoms with E-state index < -0.39 is 0 Å². The summed E-state index contributed by atoms with van der Waals surface area (Å²) in [6.45, 7) is 7.53. The smallest absolute Gasteiger partial charge is 0.241 e. The molecule has 0 aliphatic carbocycles. The van der Waals surface area contributed by atoms with E-state index in [2.05, 4.69) is 15.1 Å². The number of carbonyl (C=O) groups is 1. The van der Waals surface area contributed by atoms with Gasteiger partial charge >= 0.3 is 0 Å². The van der Waals surface area contributed by atoms with Crippen LogP contribution in [0.1, 0.15) is 12.0 Å². The van der Waals surface area contributed by atoms with Crippen LogP contribution in [-0.4, -0.2) is 100 Å². The molecule has 2 fully saturated rings. The molecular formula is C22H36IN5O3. The molecule has 8 nitrogen and oxygen atoms in total. The van der Waals surface area contributed by atoms with E-state index in [0.29, 0.717) is 12.5 Å². The van der Waals surface area contributed by atoms with Crippen molar-refractivity contribution in [1.82, 2.24) is 20.0 Å². The molecule has 1 unspecified atom stereocenters. The number of halogens is 1. The molecule has 1 amide bonds. The highest BCUT2D eigenvalue weighted by atomic mass is 127. The van der Waals surface area contributed by atoms with Crippen LogP contribution >= 0.6 is 24.0 Å². The van der Waals surface area contributed by atoms with Crippen molar-refractivity contribution in [1.29, 1.82) is 0 Å². The molecule has 9 heteroatoms. The lowest BCUT2D eigenvalue weighted by molar-refractivity contribution is -0.127. The second-order valence-corrected chi connectivity index (χ2v) is 8.14. The van der Waals surface area contributed by atoms with E-state index >= 15 is 0 Å². The van der Waals surface area contributed by atoms with E-state index in [-0.39, 0.29) is 36.4 Å². The summed E-state index contributed by atoms with van der Waals surface area (Å²) in [5, 5.41) is 3.29. The Hall–Kier alpha value is -1.59. The zero-order chi connectivity index (χ0) is 21.3. The van der Waals surface area contributed by atoms with Crippen LogP contribution in [0.3, 0.4) is 0 Å². The molecule has 2 saturated heterocycles. The number of methoxy groups -OCH3 is 1. The van der Waals surface area contributed by atoms with Gasteiger partial charge in [0.25, 0.3) is 0 Å². The van der Waals surface area contributed by atoms with E-state index in [9.17, 15) is 4.79 Å². The minimum Gasteiger partial charge on any atom is -0.497 e. The summed E-state index contributed by atoms with van der Waals surface area (Å²) < 4.78 is 10.7. The van der Waals surface area contributed by atoms with E-state index in [4.69, 9.17) is 14.5 Å². The molecule has 174 valence electrons. The van der Waals surface area contributed by atoms with Crippen molar-refractivity contribution in [3.05, 3.63) is 29.8 Å². The standard InChI is InChI=1S/C22H35N5O3.HI/c1-25(2)21(28)15-24-22(23-14-18-4-6-20(29-3)7-5-18)27-9-8-19(17-27)16-26-10-12-30-13-11-26;/h4-7,19H,8-17H2,1-3H3,(H,23,24);1H. The molecular weight excluding hydrogens is 509 g/mol. The summed E-state index contributed by atoms with van der Waals surface area (Å²) in [5.41, 5.74) is 1.11. The third kappa shape index (κ3) is 8.12. The maximum atomic E-state index is 12.1. The Morgan fingerprint density at radius 2 is 1.94 bits per heavy atom. The summed E-state index contributed by atoms with van der Waals surface area (Å²) in [7, 11) is 5.20. The number of amides is 1. The van der Waals surface area contributed by atoms with Crippen LogP contribution in [0.15, 0.2) is 29.3 Å². The largest absolute Gasteiger partial charge is 0.497 e. The lowest BCUT2D eigenvalue weighted by atomic mass is 10.1. The van der Waals surface area contributed by atoms with Crippen molar-refractivity contribution < 1.29 is 14.3 Å². The predicted octanol–water partition coefficient (Wildman–Crippen LogP) is 1.50. The first kappa shape index (κ1) is 25.7. The van der Waals surface area contributed by atoms with Crippen molar-refractivity contribution in [3.63, 3.8) is 0 Å². The number of likely N-dealkylation sites (N-methyl/N-ethyl adjacent to an activating group) is 1. The third-order valence-corrected chi connectivity index (χ3v) is 5.67. The van der Waals surface area contributed by atoms with Gasteiger partial charge in [-0.2, -0.15) is 0 Å². The Morgan fingerprint density at radius 3 is 2.58 bits per heavy atom. The first-order chi connectivity index (χ1) is 14.5. The fourth-order valence-electron chi connectivity index (χ4n) is 3.80. The average Bonchev–Trinajstić information content (AvgIpc) is 3.22. The number of benzene rings is 1. The number of nitrogens with zero attached hydrogens (tertiary/aromatic N) is 4. The van der Waals surface area contributed by atoms with E-state index in [1.54, 1.807) is 26.1 Å². The third-order valence-electron chi connectivity index (χ3n) is 5.67. The Morgan fingerprint density at radius 1 is 1.23 bits per heavy atom. The number of nitrogens with one attached hydrogen (secondary N) is 1. The van der Waals surface area contributed by atoms with Gasteiger partial charge < -0.3 is 24.6 Å². The molecule has 1 aromatic rings. The fraction of sp³-hybridized carbons (Fsp3) is 0.636. The summed E-state index contributed by atoms with van der Waals surface area (Å²) in [4.78, 5) is 23.3. The fourth-order valence-corrected chi connectivity index (χ4v) is 3.80. The molecule has 0 aromatic heterocycles. The Kier molecular flexibility index (Phi) is 10.8. The molecule has 0 radical (unpaired) electrons. The van der Waals surface area contributed by atoms with Gasteiger partial charge in [0.15, 0.2) is 5.96 Å². The lowest BCUT2D eigenvalue weighted by Crippen LogP contribution is -2.45. The molecule has 2 aliphatic heterocycles. The number of guanidine groups is 1. The van der Waals surface area contributed by atoms with Crippen LogP contribution in [0.2, 0.25) is 0 Å². The van der Waals surface area contributed by atoms with Crippen LogP contribution in [0.4, 0.5) is 0 Å². The maximum absolute atomic E-state index is 12.1. The molecule has 2 aliphatic rings. The number of likely N-dealkylation sites (tertiary alicyclic amines) is 1. The van der Waals surface area contributed by atoms with Gasteiger partial charge in [0.05, 0.1) is 33.4 Å². The monoisotopic (exact) mass is 545 g/mol. The van der Waals surface area contributed by atoms with Gasteiger partial charge in [-0.25, -0.2) is 4.99 Å². The lowest BCUT2D eigenvalue weighted by Gasteiger charge is -2.29. The molecule has 0 bridgehead atoms. The van der Waals surface area contributed by atoms with Crippen LogP contribution in [0.25, 0.3) is 0 Å². The zero-order valence-electron chi connectivity index (χ0n) is 18.9. The van der Waals surface area contributed by atoms with Crippen molar-refractivity contribution in [3.8, 4) is 5.75 Å². The summed E-state index contributed by atoms with van der Waals surface area (Å²) in [6, 6.07) is 7.94. The molecule has 3 rings (SSSR count). The summed E-state index contributed by atoms with van der Waals surface area (Å²) in [5.74, 6) is 2.30. The van der Waals surface area contributed by atoms with Gasteiger partial charge in [-0.15, -0.1) is 24.0 Å². The number of hydrogen-bond donors (Lipinski definition) is 1. The maximum Gasteiger partial charge on any atom is 0.241 e. The van der Waals surface area contributed by atoms with E-state index in [1.807, 2.05) is 24.3 Å². The minimum absolute atomic E-state index is 0. The van der Waals surface area contributed by atoms with Gasteiger partial charge in [0, 0.05) is 46.8 Å². The first-order valence-corrected chi connectivity index (χ1v) is 10.7. The van der Waals surface area contributed by atoms with Gasteiger partial charge in [0.2, 0.25) is 5.91 Å². The molecule has 1 N–H and O–H groups in total. The Balaban J connectivity index is 0.00000341. The Bertz CT molecular complexity index is 708. The second-order valence-electron chi connectivity index (χ2n) is 8.14. The summed E-state index contributed by atoms with van der Waals surface area (Å²) in [6.07, 6.45) is 1.14. The van der Waals surface area contributed by atoms with Crippen molar-refractivity contribution in [2.24, 2.45) is 10.9 Å². The van der Waals surface area contributed by atoms with Crippen LogP contribution < -0.4 is 10.1 Å². The molecule has 31 heavy (non-hydrogen) atoms. The first-order valence-electron chi connectivity index (χ1n) is 10.7. The van der Waals surface area contributed by atoms with E-state index in [0.717, 1.165) is 69.6 Å². The van der Waals surface area contributed by atoms with Crippen molar-refractivity contribution in [2.45, 2.75) is 13.0 Å². The number of aliphatic imine (C=N–C) groups is 1. The number of hydrogen-bond acceptors (Lipinski definition) is 5. The highest BCUT2D eigenvalue weighted by molar-refractivity contribution is 14.0. The van der Waals surface area contributed by atoms with Crippen molar-refractivity contribution >= 4 is 35.8 Å². The molecule has 2 heterocycles. The number of rotatable bonds is 7. The minimum atomic E-state index is 0. The number of carbonyl (C=O) groups excluding carboxylic acids is 1. The van der Waals surface area contributed by atoms with Gasteiger partial charge in [-0.1, -0.05) is 12.1 Å². The van der Waals surface area contributed by atoms with E-state index in [1.165, 1.54) is 0 Å². The molecule has 1 aromatic carbocycles. The quantitative estimate of drug-likeness (QED) is 0.319. The average molecular weight is 545 g/mol. The second kappa shape index (κ2) is 13.1. The zero-order valence-corrected chi connectivity index (χ0v) is 21.2. The highest BCUT2D eigenvalue weighted by Crippen LogP contribution is 2.19. The molecule has 0 spiro atoms. The van der Waals surface area contributed by atoms with Gasteiger partial charge in [0.1, 0.15) is 5.75 Å². The molecule has 0 saturated carbocycles. The summed E-state index contributed by atoms with van der Waals surface area (Å²) >= 11 is 0. The van der Waals surface area contributed by atoms with Gasteiger partial charge in [-0.05, 0) is 30.0 Å². The van der Waals surface area contributed by atoms with Gasteiger partial charge in [-0.3, -0.25) is 9.69 Å². The number of morpholine rings is 1. The SMILES string of the molecule is COc1ccc(CN=C(NCC(=O)N(C)C)N2CCC(CN3CCOCC3)C2)cc1.I.